The smallest absolute Gasteiger partial charge is 0.345 e. The largest absolute Gasteiger partial charge is 0.480 e. The second-order valence-corrected chi connectivity index (χ2v) is 7.22. The highest BCUT2D eigenvalue weighted by atomic mass is 35.5. The highest BCUT2D eigenvalue weighted by Gasteiger charge is 2.26. The first-order valence-corrected chi connectivity index (χ1v) is 9.97. The summed E-state index contributed by atoms with van der Waals surface area (Å²) >= 11 is 12.0. The van der Waals surface area contributed by atoms with Crippen molar-refractivity contribution in [1.29, 1.82) is 0 Å². The molecule has 1 amide bonds. The minimum Gasteiger partial charge on any atom is -0.480 e. The number of ether oxygens (including phenoxy) is 2. The zero-order valence-corrected chi connectivity index (χ0v) is 17.9. The van der Waals surface area contributed by atoms with Crippen LogP contribution in [0.15, 0.2) is 72.8 Å². The lowest BCUT2D eigenvalue weighted by molar-refractivity contribution is -0.384. The van der Waals surface area contributed by atoms with E-state index in [4.69, 9.17) is 32.7 Å². The molecule has 0 radical (unpaired) electrons. The van der Waals surface area contributed by atoms with Gasteiger partial charge in [-0.3, -0.25) is 14.9 Å². The SMILES string of the molecule is O=C(COc1ccccc1Cl)OC(C(=O)Nc1ccc([N+](=O)[O-])cc1Cl)c1ccccc1. The van der Waals surface area contributed by atoms with Gasteiger partial charge in [0.05, 0.1) is 20.7 Å². The van der Waals surface area contributed by atoms with E-state index < -0.39 is 29.5 Å². The molecule has 0 aliphatic rings. The maximum absolute atomic E-state index is 12.9. The number of hydrogen-bond acceptors (Lipinski definition) is 6. The summed E-state index contributed by atoms with van der Waals surface area (Å²) in [6.07, 6.45) is -1.31. The predicted octanol–water partition coefficient (Wildman–Crippen LogP) is 5.20. The van der Waals surface area contributed by atoms with Gasteiger partial charge in [-0.1, -0.05) is 65.7 Å². The third kappa shape index (κ3) is 5.96. The van der Waals surface area contributed by atoms with Crippen molar-refractivity contribution in [2.75, 3.05) is 11.9 Å². The van der Waals surface area contributed by atoms with Gasteiger partial charge in [0.15, 0.2) is 6.61 Å². The number of nitrogens with one attached hydrogen (secondary N) is 1. The molecule has 8 nitrogen and oxygen atoms in total. The van der Waals surface area contributed by atoms with Crippen LogP contribution in [-0.2, 0) is 14.3 Å². The molecule has 164 valence electrons. The number of amides is 1. The summed E-state index contributed by atoms with van der Waals surface area (Å²) in [6, 6.07) is 18.5. The standard InChI is InChI=1S/C22H16Cl2N2O6/c23-16-8-4-5-9-19(16)31-13-20(27)32-21(14-6-2-1-3-7-14)22(28)25-18-11-10-15(26(29)30)12-17(18)24/h1-12,21H,13H2,(H,25,28). The van der Waals surface area contributed by atoms with E-state index in [-0.39, 0.29) is 16.4 Å². The zero-order chi connectivity index (χ0) is 23.1. The van der Waals surface area contributed by atoms with Crippen molar-refractivity contribution in [3.8, 4) is 5.75 Å². The Morgan fingerprint density at radius 1 is 0.969 bits per heavy atom. The number of nitro benzene ring substituents is 1. The van der Waals surface area contributed by atoms with Gasteiger partial charge in [0, 0.05) is 17.7 Å². The molecule has 3 aromatic rings. The van der Waals surface area contributed by atoms with Crippen molar-refractivity contribution in [3.05, 3.63) is 98.5 Å². The quantitative estimate of drug-likeness (QED) is 0.273. The maximum atomic E-state index is 12.9. The number of rotatable bonds is 8. The highest BCUT2D eigenvalue weighted by Crippen LogP contribution is 2.29. The average molecular weight is 475 g/mol. The molecule has 10 heteroatoms. The first-order chi connectivity index (χ1) is 15.3. The van der Waals surface area contributed by atoms with E-state index in [0.29, 0.717) is 16.3 Å². The van der Waals surface area contributed by atoms with Gasteiger partial charge < -0.3 is 14.8 Å². The molecule has 0 saturated carbocycles. The van der Waals surface area contributed by atoms with Crippen LogP contribution < -0.4 is 10.1 Å². The first-order valence-electron chi connectivity index (χ1n) is 9.21. The minimum absolute atomic E-state index is 0.0345. The van der Waals surface area contributed by atoms with Crippen LogP contribution in [-0.4, -0.2) is 23.4 Å². The van der Waals surface area contributed by atoms with Crippen LogP contribution in [0.25, 0.3) is 0 Å². The van der Waals surface area contributed by atoms with E-state index >= 15 is 0 Å². The topological polar surface area (TPSA) is 108 Å². The molecule has 0 fully saturated rings. The van der Waals surface area contributed by atoms with Crippen molar-refractivity contribution in [1.82, 2.24) is 0 Å². The first kappa shape index (κ1) is 23.1. The molecule has 1 unspecified atom stereocenters. The van der Waals surface area contributed by atoms with Crippen LogP contribution in [0.2, 0.25) is 10.0 Å². The summed E-state index contributed by atoms with van der Waals surface area (Å²) in [5, 5.41) is 13.7. The number of esters is 1. The number of halogens is 2. The third-order valence-corrected chi connectivity index (χ3v) is 4.82. The van der Waals surface area contributed by atoms with Gasteiger partial charge in [-0.15, -0.1) is 0 Å². The van der Waals surface area contributed by atoms with E-state index in [9.17, 15) is 19.7 Å². The lowest BCUT2D eigenvalue weighted by Crippen LogP contribution is -2.28. The van der Waals surface area contributed by atoms with Crippen LogP contribution in [0.5, 0.6) is 5.75 Å². The predicted molar refractivity (Wildman–Crippen MR) is 119 cm³/mol. The van der Waals surface area contributed by atoms with Crippen LogP contribution in [0.1, 0.15) is 11.7 Å². The Labute approximate surface area is 192 Å². The monoisotopic (exact) mass is 474 g/mol. The lowest BCUT2D eigenvalue weighted by Gasteiger charge is -2.19. The molecule has 1 N–H and O–H groups in total. The van der Waals surface area contributed by atoms with E-state index in [1.165, 1.54) is 12.1 Å². The van der Waals surface area contributed by atoms with Gasteiger partial charge in [0.2, 0.25) is 6.10 Å². The lowest BCUT2D eigenvalue weighted by atomic mass is 10.1. The fraction of sp³-hybridized carbons (Fsp3) is 0.0909. The molecule has 3 aromatic carbocycles. The fourth-order valence-corrected chi connectivity index (χ4v) is 3.09. The fourth-order valence-electron chi connectivity index (χ4n) is 2.68. The van der Waals surface area contributed by atoms with E-state index in [0.717, 1.165) is 6.07 Å². The summed E-state index contributed by atoms with van der Waals surface area (Å²) in [4.78, 5) is 35.6. The molecule has 0 aliphatic heterocycles. The Balaban J connectivity index is 1.74. The Morgan fingerprint density at radius 3 is 2.31 bits per heavy atom. The van der Waals surface area contributed by atoms with Gasteiger partial charge in [-0.05, 0) is 18.2 Å². The van der Waals surface area contributed by atoms with E-state index in [1.54, 1.807) is 54.6 Å². The number of nitrogens with zero attached hydrogens (tertiary/aromatic N) is 1. The minimum atomic E-state index is -1.31. The van der Waals surface area contributed by atoms with Crippen LogP contribution in [0.4, 0.5) is 11.4 Å². The van der Waals surface area contributed by atoms with Crippen molar-refractivity contribution < 1.29 is 24.0 Å². The average Bonchev–Trinajstić information content (AvgIpc) is 2.78. The summed E-state index contributed by atoms with van der Waals surface area (Å²) in [5.41, 5.74) is 0.316. The Morgan fingerprint density at radius 2 is 1.66 bits per heavy atom. The van der Waals surface area contributed by atoms with Crippen molar-refractivity contribution in [2.45, 2.75) is 6.10 Å². The second kappa shape index (κ2) is 10.6. The number of para-hydroxylation sites is 1. The van der Waals surface area contributed by atoms with Gasteiger partial charge in [0.25, 0.3) is 11.6 Å². The number of benzene rings is 3. The van der Waals surface area contributed by atoms with Crippen molar-refractivity contribution in [2.24, 2.45) is 0 Å². The number of carbonyl (C=O) groups excluding carboxylic acids is 2. The summed E-state index contributed by atoms with van der Waals surface area (Å²) in [7, 11) is 0. The van der Waals surface area contributed by atoms with Crippen LogP contribution >= 0.6 is 23.2 Å². The Hall–Kier alpha value is -3.62. The summed E-state index contributed by atoms with van der Waals surface area (Å²) < 4.78 is 10.7. The third-order valence-electron chi connectivity index (χ3n) is 4.19. The molecule has 0 saturated heterocycles. The highest BCUT2D eigenvalue weighted by molar-refractivity contribution is 6.34. The molecular weight excluding hydrogens is 459 g/mol. The van der Waals surface area contributed by atoms with Crippen LogP contribution in [0.3, 0.4) is 0 Å². The Bertz CT molecular complexity index is 1140. The molecule has 32 heavy (non-hydrogen) atoms. The molecule has 0 aromatic heterocycles. The summed E-state index contributed by atoms with van der Waals surface area (Å²) in [6.45, 7) is -0.474. The van der Waals surface area contributed by atoms with Gasteiger partial charge in [-0.25, -0.2) is 4.79 Å². The number of hydrogen-bond donors (Lipinski definition) is 1. The Kier molecular flexibility index (Phi) is 7.64. The molecular formula is C22H16Cl2N2O6. The van der Waals surface area contributed by atoms with Crippen LogP contribution in [0, 0.1) is 10.1 Å². The van der Waals surface area contributed by atoms with Gasteiger partial charge >= 0.3 is 5.97 Å². The van der Waals surface area contributed by atoms with Crippen molar-refractivity contribution in [3.63, 3.8) is 0 Å². The molecule has 0 heterocycles. The number of non-ortho nitro benzene ring substituents is 1. The normalized spacial score (nSPS) is 11.3. The van der Waals surface area contributed by atoms with E-state index in [1.807, 2.05) is 0 Å². The zero-order valence-electron chi connectivity index (χ0n) is 16.4. The number of anilines is 1. The van der Waals surface area contributed by atoms with Gasteiger partial charge in [-0.2, -0.15) is 0 Å². The molecule has 0 bridgehead atoms. The maximum Gasteiger partial charge on any atom is 0.345 e. The van der Waals surface area contributed by atoms with Gasteiger partial charge in [0.1, 0.15) is 5.75 Å². The summed E-state index contributed by atoms with van der Waals surface area (Å²) in [5.74, 6) is -1.20. The molecule has 0 aliphatic carbocycles. The number of nitro groups is 1. The molecule has 3 rings (SSSR count). The molecule has 1 atom stereocenters. The number of carbonyl (C=O) groups is 2. The molecule has 0 spiro atoms. The van der Waals surface area contributed by atoms with E-state index in [2.05, 4.69) is 5.32 Å². The second-order valence-electron chi connectivity index (χ2n) is 6.41. The van der Waals surface area contributed by atoms with Crippen molar-refractivity contribution >= 4 is 46.5 Å².